The van der Waals surface area contributed by atoms with Crippen molar-refractivity contribution in [3.05, 3.63) is 58.7 Å². The fourth-order valence-electron chi connectivity index (χ4n) is 5.19. The summed E-state index contributed by atoms with van der Waals surface area (Å²) in [5.74, 6) is -5.57. The molecule has 5 rings (SSSR count). The summed E-state index contributed by atoms with van der Waals surface area (Å²) in [5.41, 5.74) is -0.329. The van der Waals surface area contributed by atoms with E-state index < -0.39 is 59.2 Å². The molecule has 0 bridgehead atoms. The molecule has 3 fully saturated rings. The van der Waals surface area contributed by atoms with E-state index in [0.29, 0.717) is 0 Å². The van der Waals surface area contributed by atoms with Gasteiger partial charge in [0.2, 0.25) is 23.6 Å². The van der Waals surface area contributed by atoms with Crippen LogP contribution in [0.2, 0.25) is 0 Å². The van der Waals surface area contributed by atoms with E-state index in [0.717, 1.165) is 21.9 Å². The predicted molar refractivity (Wildman–Crippen MR) is 122 cm³/mol. The van der Waals surface area contributed by atoms with Gasteiger partial charge in [0.1, 0.15) is 0 Å². The molecule has 2 aromatic carbocycles. The SMILES string of the molecule is C#Cc1cc(C(=O)O)cc(N2C(=O)C3C(C2=O)C2C(=O)N(c4cc(C#C)cc(C(=O)O)c4)C(=O)C32)c1. The van der Waals surface area contributed by atoms with Crippen molar-refractivity contribution in [3.63, 3.8) is 0 Å². The molecule has 4 amide bonds. The highest BCUT2D eigenvalue weighted by atomic mass is 16.4. The van der Waals surface area contributed by atoms with Gasteiger partial charge >= 0.3 is 11.9 Å². The zero-order valence-corrected chi connectivity index (χ0v) is 18.2. The van der Waals surface area contributed by atoms with E-state index >= 15 is 0 Å². The lowest BCUT2D eigenvalue weighted by molar-refractivity contribution is -0.146. The predicted octanol–water partition coefficient (Wildman–Crippen LogP) is 0.971. The number of carbonyl (C=O) groups excluding carboxylic acids is 4. The Morgan fingerprint density at radius 1 is 0.611 bits per heavy atom. The van der Waals surface area contributed by atoms with Crippen LogP contribution in [0.4, 0.5) is 11.4 Å². The first-order valence-corrected chi connectivity index (χ1v) is 10.5. The number of nitrogens with zero attached hydrogens (tertiary/aromatic N) is 2. The molecule has 176 valence electrons. The lowest BCUT2D eigenvalue weighted by Crippen LogP contribution is -2.50. The van der Waals surface area contributed by atoms with Crippen LogP contribution in [0.3, 0.4) is 0 Å². The quantitative estimate of drug-likeness (QED) is 0.484. The number of hydrogen-bond donors (Lipinski definition) is 2. The van der Waals surface area contributed by atoms with Gasteiger partial charge in [0.05, 0.1) is 46.2 Å². The lowest BCUT2D eigenvalue weighted by Gasteiger charge is -2.36. The number of hydrogen-bond acceptors (Lipinski definition) is 6. The van der Waals surface area contributed by atoms with Gasteiger partial charge in [0, 0.05) is 11.1 Å². The second-order valence-electron chi connectivity index (χ2n) is 8.56. The van der Waals surface area contributed by atoms with Crippen molar-refractivity contribution in [1.29, 1.82) is 0 Å². The zero-order valence-electron chi connectivity index (χ0n) is 18.2. The minimum absolute atomic E-state index is 0.0603. The zero-order chi connectivity index (χ0) is 26.0. The summed E-state index contributed by atoms with van der Waals surface area (Å²) in [6.07, 6.45) is 10.8. The number of rotatable bonds is 4. The normalized spacial score (nSPS) is 24.1. The number of benzene rings is 2. The van der Waals surface area contributed by atoms with Crippen LogP contribution in [0.1, 0.15) is 31.8 Å². The Balaban J connectivity index is 1.52. The maximum Gasteiger partial charge on any atom is 0.335 e. The lowest BCUT2D eigenvalue weighted by atomic mass is 9.59. The number of amides is 4. The molecule has 2 aromatic rings. The molecule has 0 spiro atoms. The second kappa shape index (κ2) is 7.65. The molecular weight excluding hydrogens is 468 g/mol. The van der Waals surface area contributed by atoms with Crippen molar-refractivity contribution >= 4 is 46.9 Å². The molecular formula is C26H14N2O8. The molecule has 0 atom stereocenters. The Hall–Kier alpha value is -5.22. The third kappa shape index (κ3) is 2.95. The first kappa shape index (κ1) is 22.6. The van der Waals surface area contributed by atoms with Gasteiger partial charge in [-0.05, 0) is 36.4 Å². The monoisotopic (exact) mass is 482 g/mol. The summed E-state index contributed by atoms with van der Waals surface area (Å²) >= 11 is 0. The maximum atomic E-state index is 13.3. The van der Waals surface area contributed by atoms with E-state index in [9.17, 15) is 39.0 Å². The number of imide groups is 2. The number of carboxylic acid groups (broad SMARTS) is 2. The third-order valence-electron chi connectivity index (χ3n) is 6.75. The summed E-state index contributed by atoms with van der Waals surface area (Å²) < 4.78 is 0. The summed E-state index contributed by atoms with van der Waals surface area (Å²) in [6.45, 7) is 0. The van der Waals surface area contributed by atoms with Crippen LogP contribution in [0, 0.1) is 48.4 Å². The van der Waals surface area contributed by atoms with Crippen LogP contribution in [-0.2, 0) is 19.2 Å². The van der Waals surface area contributed by atoms with Gasteiger partial charge in [0.15, 0.2) is 0 Å². The van der Waals surface area contributed by atoms with Gasteiger partial charge in [-0.15, -0.1) is 12.8 Å². The number of terminal acetylenes is 2. The number of fused-ring (bicyclic) bond motifs is 4. The first-order chi connectivity index (χ1) is 17.1. The molecule has 1 aliphatic carbocycles. The van der Waals surface area contributed by atoms with E-state index in [2.05, 4.69) is 11.8 Å². The fraction of sp³-hybridized carbons (Fsp3) is 0.154. The Bertz CT molecular complexity index is 1380. The van der Waals surface area contributed by atoms with Crippen molar-refractivity contribution in [2.75, 3.05) is 9.80 Å². The highest BCUT2D eigenvalue weighted by Gasteiger charge is 2.73. The Morgan fingerprint density at radius 3 is 1.17 bits per heavy atom. The number of carboxylic acids is 2. The van der Waals surface area contributed by atoms with E-state index in [1.807, 2.05) is 0 Å². The molecule has 3 aliphatic rings. The van der Waals surface area contributed by atoms with Crippen molar-refractivity contribution < 1.29 is 39.0 Å². The van der Waals surface area contributed by atoms with E-state index in [4.69, 9.17) is 12.8 Å². The van der Waals surface area contributed by atoms with Gasteiger partial charge in [-0.2, -0.15) is 0 Å². The highest BCUT2D eigenvalue weighted by Crippen LogP contribution is 2.57. The van der Waals surface area contributed by atoms with Crippen LogP contribution in [0.25, 0.3) is 0 Å². The van der Waals surface area contributed by atoms with Gasteiger partial charge < -0.3 is 10.2 Å². The highest BCUT2D eigenvalue weighted by molar-refractivity contribution is 6.32. The molecule has 10 heteroatoms. The van der Waals surface area contributed by atoms with Crippen molar-refractivity contribution in [2.45, 2.75) is 0 Å². The average molecular weight is 482 g/mol. The molecule has 2 aliphatic heterocycles. The Kier molecular flexibility index (Phi) is 4.80. The topological polar surface area (TPSA) is 149 Å². The number of aromatic carboxylic acids is 2. The molecule has 1 saturated carbocycles. The van der Waals surface area contributed by atoms with E-state index in [-0.39, 0.29) is 33.6 Å². The fourth-order valence-corrected chi connectivity index (χ4v) is 5.19. The van der Waals surface area contributed by atoms with Crippen LogP contribution in [-0.4, -0.2) is 45.8 Å². The molecule has 0 aromatic heterocycles. The molecule has 2 saturated heterocycles. The first-order valence-electron chi connectivity index (χ1n) is 10.5. The molecule has 2 N–H and O–H groups in total. The maximum absolute atomic E-state index is 13.3. The number of anilines is 2. The minimum Gasteiger partial charge on any atom is -0.478 e. The molecule has 2 heterocycles. The minimum atomic E-state index is -1.32. The Morgan fingerprint density at radius 2 is 0.917 bits per heavy atom. The van der Waals surface area contributed by atoms with Gasteiger partial charge in [0.25, 0.3) is 0 Å². The van der Waals surface area contributed by atoms with Gasteiger partial charge in [-0.1, -0.05) is 11.8 Å². The molecule has 10 nitrogen and oxygen atoms in total. The van der Waals surface area contributed by atoms with Crippen LogP contribution in [0.15, 0.2) is 36.4 Å². The number of carbonyl (C=O) groups is 6. The average Bonchev–Trinajstić information content (AvgIpc) is 3.16. The molecule has 36 heavy (non-hydrogen) atoms. The summed E-state index contributed by atoms with van der Waals surface area (Å²) in [7, 11) is 0. The summed E-state index contributed by atoms with van der Waals surface area (Å²) in [5, 5.41) is 18.7. The molecule has 0 unspecified atom stereocenters. The van der Waals surface area contributed by atoms with Crippen LogP contribution >= 0.6 is 0 Å². The van der Waals surface area contributed by atoms with Crippen molar-refractivity contribution in [1.82, 2.24) is 0 Å². The summed E-state index contributed by atoms with van der Waals surface area (Å²) in [4.78, 5) is 77.5. The van der Waals surface area contributed by atoms with Crippen molar-refractivity contribution in [2.24, 2.45) is 23.7 Å². The van der Waals surface area contributed by atoms with Gasteiger partial charge in [-0.25, -0.2) is 19.4 Å². The van der Waals surface area contributed by atoms with E-state index in [1.54, 1.807) is 0 Å². The smallest absolute Gasteiger partial charge is 0.335 e. The third-order valence-corrected chi connectivity index (χ3v) is 6.75. The second-order valence-corrected chi connectivity index (χ2v) is 8.56. The summed E-state index contributed by atoms with van der Waals surface area (Å²) in [6, 6.07) is 7.26. The Labute approximate surface area is 203 Å². The van der Waals surface area contributed by atoms with Crippen LogP contribution < -0.4 is 9.80 Å². The molecule has 0 radical (unpaired) electrons. The van der Waals surface area contributed by atoms with E-state index in [1.165, 1.54) is 24.3 Å². The van der Waals surface area contributed by atoms with Crippen molar-refractivity contribution in [3.8, 4) is 24.7 Å². The standard InChI is InChI=1S/C26H14N2O8/c1-3-11-5-13(25(33)34)9-15(7-11)27-21(29)17-18(22(27)30)20-19(17)23(31)28(24(20)32)16-8-12(4-2)6-14(10-16)26(35)36/h1-2,5-10,17-20H,(H,33,34)(H,35,36). The largest absolute Gasteiger partial charge is 0.478 e. The van der Waals surface area contributed by atoms with Gasteiger partial charge in [-0.3, -0.25) is 19.2 Å². The van der Waals surface area contributed by atoms with Crippen LogP contribution in [0.5, 0.6) is 0 Å².